The average Bonchev–Trinajstić information content (AvgIpc) is 3.24. The number of carbonyl (C=O) groups is 1. The van der Waals surface area contributed by atoms with Crippen LogP contribution in [0.15, 0.2) is 90.1 Å². The van der Waals surface area contributed by atoms with Gasteiger partial charge >= 0.3 is 0 Å². The van der Waals surface area contributed by atoms with Crippen LogP contribution < -0.4 is 10.1 Å². The lowest BCUT2D eigenvalue weighted by molar-refractivity contribution is -0.113. The van der Waals surface area contributed by atoms with Crippen LogP contribution in [0.1, 0.15) is 0 Å². The second-order valence-electron chi connectivity index (χ2n) is 6.40. The van der Waals surface area contributed by atoms with E-state index in [-0.39, 0.29) is 11.7 Å². The molecule has 1 aromatic heterocycles. The molecule has 1 N–H and O–H groups in total. The number of ether oxygens (including phenoxy) is 1. The summed E-state index contributed by atoms with van der Waals surface area (Å²) in [5.41, 5.74) is 2.59. The summed E-state index contributed by atoms with van der Waals surface area (Å²) in [6.45, 7) is 0. The number of hydrogen-bond donors (Lipinski definition) is 1. The highest BCUT2D eigenvalue weighted by atomic mass is 32.2. The number of methoxy groups -OCH3 is 1. The van der Waals surface area contributed by atoms with Crippen LogP contribution in [-0.2, 0) is 4.79 Å². The molecule has 0 aliphatic carbocycles. The molecule has 0 saturated carbocycles. The van der Waals surface area contributed by atoms with Gasteiger partial charge in [-0.2, -0.15) is 0 Å². The van der Waals surface area contributed by atoms with Gasteiger partial charge in [0, 0.05) is 11.3 Å². The second kappa shape index (κ2) is 9.28. The molecule has 30 heavy (non-hydrogen) atoms. The van der Waals surface area contributed by atoms with Gasteiger partial charge in [-0.05, 0) is 36.4 Å². The molecule has 1 heterocycles. The Morgan fingerprint density at radius 2 is 1.63 bits per heavy atom. The standard InChI is InChI=1S/C23H20N4O2S/c1-29-20-14-12-18(13-15-20)24-21(28)16-30-23-25-22(17-8-4-2-5-9-17)27(26-23)19-10-6-3-7-11-19/h2-15H,16H2,1H3,(H,24,28). The highest BCUT2D eigenvalue weighted by Gasteiger charge is 2.15. The molecule has 4 rings (SSSR count). The van der Waals surface area contributed by atoms with Crippen LogP contribution in [0.3, 0.4) is 0 Å². The number of carbonyl (C=O) groups excluding carboxylic acids is 1. The number of nitrogens with one attached hydrogen (secondary N) is 1. The summed E-state index contributed by atoms with van der Waals surface area (Å²) in [7, 11) is 1.61. The molecule has 0 bridgehead atoms. The summed E-state index contributed by atoms with van der Waals surface area (Å²) in [6, 6.07) is 26.9. The minimum atomic E-state index is -0.123. The maximum atomic E-state index is 12.3. The molecule has 0 aliphatic rings. The van der Waals surface area contributed by atoms with Crippen LogP contribution in [-0.4, -0.2) is 33.5 Å². The Labute approximate surface area is 178 Å². The van der Waals surface area contributed by atoms with E-state index < -0.39 is 0 Å². The minimum absolute atomic E-state index is 0.123. The first-order valence-electron chi connectivity index (χ1n) is 9.37. The quantitative estimate of drug-likeness (QED) is 0.443. The van der Waals surface area contributed by atoms with E-state index in [0.717, 1.165) is 22.8 Å². The van der Waals surface area contributed by atoms with Crippen molar-refractivity contribution in [3.63, 3.8) is 0 Å². The monoisotopic (exact) mass is 416 g/mol. The van der Waals surface area contributed by atoms with Crippen molar-refractivity contribution >= 4 is 23.4 Å². The summed E-state index contributed by atoms with van der Waals surface area (Å²) in [6.07, 6.45) is 0. The van der Waals surface area contributed by atoms with Gasteiger partial charge in [0.2, 0.25) is 11.1 Å². The van der Waals surface area contributed by atoms with Gasteiger partial charge in [0.15, 0.2) is 5.82 Å². The van der Waals surface area contributed by atoms with Crippen molar-refractivity contribution in [2.45, 2.75) is 5.16 Å². The van der Waals surface area contributed by atoms with E-state index in [1.807, 2.05) is 60.7 Å². The summed E-state index contributed by atoms with van der Waals surface area (Å²) in [5, 5.41) is 8.05. The second-order valence-corrected chi connectivity index (χ2v) is 7.34. The van der Waals surface area contributed by atoms with Crippen molar-refractivity contribution in [2.75, 3.05) is 18.2 Å². The molecule has 7 heteroatoms. The number of para-hydroxylation sites is 1. The Morgan fingerprint density at radius 3 is 2.30 bits per heavy atom. The molecular weight excluding hydrogens is 396 g/mol. The molecule has 0 saturated heterocycles. The normalized spacial score (nSPS) is 10.6. The summed E-state index contributed by atoms with van der Waals surface area (Å²) >= 11 is 1.30. The maximum Gasteiger partial charge on any atom is 0.234 e. The molecule has 6 nitrogen and oxygen atoms in total. The van der Waals surface area contributed by atoms with Crippen molar-refractivity contribution < 1.29 is 9.53 Å². The fourth-order valence-corrected chi connectivity index (χ4v) is 3.50. The van der Waals surface area contributed by atoms with E-state index in [1.165, 1.54) is 11.8 Å². The van der Waals surface area contributed by atoms with Gasteiger partial charge in [-0.25, -0.2) is 9.67 Å². The van der Waals surface area contributed by atoms with Crippen molar-refractivity contribution in [3.8, 4) is 22.8 Å². The summed E-state index contributed by atoms with van der Waals surface area (Å²) < 4.78 is 6.93. The van der Waals surface area contributed by atoms with Crippen LogP contribution in [0.5, 0.6) is 5.75 Å². The van der Waals surface area contributed by atoms with Gasteiger partial charge in [0.05, 0.1) is 18.6 Å². The number of aromatic nitrogens is 3. The lowest BCUT2D eigenvalue weighted by Crippen LogP contribution is -2.14. The van der Waals surface area contributed by atoms with E-state index in [9.17, 15) is 4.79 Å². The molecule has 0 fully saturated rings. The van der Waals surface area contributed by atoms with Gasteiger partial charge < -0.3 is 10.1 Å². The first-order chi connectivity index (χ1) is 14.7. The van der Waals surface area contributed by atoms with E-state index in [0.29, 0.717) is 10.8 Å². The number of amides is 1. The fourth-order valence-electron chi connectivity index (χ4n) is 2.88. The smallest absolute Gasteiger partial charge is 0.234 e. The van der Waals surface area contributed by atoms with E-state index in [2.05, 4.69) is 15.4 Å². The highest BCUT2D eigenvalue weighted by molar-refractivity contribution is 7.99. The maximum absolute atomic E-state index is 12.3. The Bertz CT molecular complexity index is 1060. The number of anilines is 1. The number of nitrogens with zero attached hydrogens (tertiary/aromatic N) is 3. The number of benzene rings is 3. The molecule has 1 amide bonds. The van der Waals surface area contributed by atoms with Crippen molar-refractivity contribution in [1.82, 2.24) is 14.8 Å². The topological polar surface area (TPSA) is 69.0 Å². The zero-order valence-electron chi connectivity index (χ0n) is 16.4. The van der Waals surface area contributed by atoms with Gasteiger partial charge in [0.25, 0.3) is 0 Å². The van der Waals surface area contributed by atoms with E-state index in [1.54, 1.807) is 36.1 Å². The first-order valence-corrected chi connectivity index (χ1v) is 10.4. The molecular formula is C23H20N4O2S. The number of thioether (sulfide) groups is 1. The predicted molar refractivity (Wildman–Crippen MR) is 119 cm³/mol. The Morgan fingerprint density at radius 1 is 0.967 bits per heavy atom. The zero-order chi connectivity index (χ0) is 20.8. The zero-order valence-corrected chi connectivity index (χ0v) is 17.2. The van der Waals surface area contributed by atoms with Gasteiger partial charge in [-0.15, -0.1) is 5.10 Å². The van der Waals surface area contributed by atoms with E-state index in [4.69, 9.17) is 4.74 Å². The molecule has 0 spiro atoms. The van der Waals surface area contributed by atoms with Crippen LogP contribution >= 0.6 is 11.8 Å². The molecule has 0 radical (unpaired) electrons. The van der Waals surface area contributed by atoms with Crippen molar-refractivity contribution in [2.24, 2.45) is 0 Å². The van der Waals surface area contributed by atoms with Gasteiger partial charge in [-0.1, -0.05) is 60.3 Å². The molecule has 150 valence electrons. The highest BCUT2D eigenvalue weighted by Crippen LogP contribution is 2.25. The first kappa shape index (κ1) is 19.7. The van der Waals surface area contributed by atoms with E-state index >= 15 is 0 Å². The number of hydrogen-bond acceptors (Lipinski definition) is 5. The lowest BCUT2D eigenvalue weighted by Gasteiger charge is -2.05. The molecule has 4 aromatic rings. The van der Waals surface area contributed by atoms with Crippen LogP contribution in [0.25, 0.3) is 17.1 Å². The average molecular weight is 417 g/mol. The minimum Gasteiger partial charge on any atom is -0.497 e. The van der Waals surface area contributed by atoms with Gasteiger partial charge in [0.1, 0.15) is 5.75 Å². The third-order valence-corrected chi connectivity index (χ3v) is 5.16. The Hall–Kier alpha value is -3.58. The van der Waals surface area contributed by atoms with Crippen LogP contribution in [0.4, 0.5) is 5.69 Å². The number of rotatable bonds is 7. The molecule has 0 unspecified atom stereocenters. The molecule has 3 aromatic carbocycles. The Kier molecular flexibility index (Phi) is 6.10. The third-order valence-electron chi connectivity index (χ3n) is 4.33. The molecule has 0 atom stereocenters. The van der Waals surface area contributed by atoms with Crippen LogP contribution in [0.2, 0.25) is 0 Å². The largest absolute Gasteiger partial charge is 0.497 e. The van der Waals surface area contributed by atoms with Crippen molar-refractivity contribution in [3.05, 3.63) is 84.9 Å². The summed E-state index contributed by atoms with van der Waals surface area (Å²) in [4.78, 5) is 17.0. The Balaban J connectivity index is 1.50. The molecule has 0 aliphatic heterocycles. The van der Waals surface area contributed by atoms with Crippen molar-refractivity contribution in [1.29, 1.82) is 0 Å². The van der Waals surface area contributed by atoms with Crippen LogP contribution in [0, 0.1) is 0 Å². The van der Waals surface area contributed by atoms with Gasteiger partial charge in [-0.3, -0.25) is 4.79 Å². The summed E-state index contributed by atoms with van der Waals surface area (Å²) in [5.74, 6) is 1.56. The predicted octanol–water partition coefficient (Wildman–Crippen LogP) is 4.67. The fraction of sp³-hybridized carbons (Fsp3) is 0.0870. The SMILES string of the molecule is COc1ccc(NC(=O)CSc2nc(-c3ccccc3)n(-c3ccccc3)n2)cc1. The lowest BCUT2D eigenvalue weighted by atomic mass is 10.2. The third kappa shape index (κ3) is 4.69.